The molecular formula is C13H6Br2F4. The van der Waals surface area contributed by atoms with Crippen molar-refractivity contribution in [3.8, 4) is 0 Å². The van der Waals surface area contributed by atoms with Crippen molar-refractivity contribution >= 4 is 31.9 Å². The molecule has 2 aromatic rings. The molecule has 100 valence electrons. The highest BCUT2D eigenvalue weighted by molar-refractivity contribution is 9.11. The molecule has 0 bridgehead atoms. The minimum atomic E-state index is -1.28. The molecule has 0 nitrogen and oxygen atoms in total. The lowest BCUT2D eigenvalue weighted by atomic mass is 10.0. The van der Waals surface area contributed by atoms with Crippen LogP contribution in [0.1, 0.15) is 16.0 Å². The Kier molecular flexibility index (Phi) is 4.30. The molecule has 0 aliphatic heterocycles. The first-order valence-electron chi connectivity index (χ1n) is 5.14. The molecule has 19 heavy (non-hydrogen) atoms. The zero-order chi connectivity index (χ0) is 14.2. The second kappa shape index (κ2) is 5.63. The van der Waals surface area contributed by atoms with Crippen molar-refractivity contribution in [3.05, 3.63) is 69.2 Å². The number of hydrogen-bond donors (Lipinski definition) is 0. The molecule has 0 aliphatic carbocycles. The summed E-state index contributed by atoms with van der Waals surface area (Å²) in [5.41, 5.74) is -0.0582. The molecule has 2 aromatic carbocycles. The van der Waals surface area contributed by atoms with Crippen LogP contribution in [0.25, 0.3) is 0 Å². The quantitative estimate of drug-likeness (QED) is 0.357. The molecule has 6 heteroatoms. The van der Waals surface area contributed by atoms with Gasteiger partial charge in [0.2, 0.25) is 0 Å². The fraction of sp³-hybridized carbons (Fsp3) is 0.0769. The summed E-state index contributed by atoms with van der Waals surface area (Å²) in [6.07, 6.45) is 0. The van der Waals surface area contributed by atoms with Crippen LogP contribution in [0.2, 0.25) is 0 Å². The smallest absolute Gasteiger partial charge is 0.161 e. The van der Waals surface area contributed by atoms with E-state index in [1.54, 1.807) is 6.07 Å². The maximum absolute atomic E-state index is 13.7. The molecule has 0 amide bonds. The third-order valence-electron chi connectivity index (χ3n) is 2.57. The van der Waals surface area contributed by atoms with Gasteiger partial charge >= 0.3 is 0 Å². The summed E-state index contributed by atoms with van der Waals surface area (Å²) in [6, 6.07) is 5.40. The number of benzene rings is 2. The van der Waals surface area contributed by atoms with Crippen LogP contribution in [0.15, 0.2) is 34.8 Å². The predicted octanol–water partition coefficient (Wildman–Crippen LogP) is 5.49. The summed E-state index contributed by atoms with van der Waals surface area (Å²) in [5.74, 6) is -4.00. The Balaban J connectivity index is 2.56. The first-order valence-corrected chi connectivity index (χ1v) is 6.85. The Morgan fingerprint density at radius 2 is 1.47 bits per heavy atom. The summed E-state index contributed by atoms with van der Waals surface area (Å²) >= 11 is 6.25. The maximum Gasteiger partial charge on any atom is 0.161 e. The normalized spacial score (nSPS) is 12.5. The SMILES string of the molecule is Fc1cc(F)c(C(Br)c2c(F)cccc2Br)cc1F. The molecule has 0 spiro atoms. The van der Waals surface area contributed by atoms with E-state index in [9.17, 15) is 17.6 Å². The van der Waals surface area contributed by atoms with E-state index in [2.05, 4.69) is 31.9 Å². The van der Waals surface area contributed by atoms with Crippen LogP contribution in [-0.4, -0.2) is 0 Å². The van der Waals surface area contributed by atoms with Crippen molar-refractivity contribution in [2.24, 2.45) is 0 Å². The molecule has 0 radical (unpaired) electrons. The van der Waals surface area contributed by atoms with Gasteiger partial charge in [-0.25, -0.2) is 17.6 Å². The monoisotopic (exact) mass is 396 g/mol. The zero-order valence-electron chi connectivity index (χ0n) is 9.23. The van der Waals surface area contributed by atoms with Gasteiger partial charge in [-0.1, -0.05) is 37.9 Å². The third-order valence-corrected chi connectivity index (χ3v) is 4.21. The van der Waals surface area contributed by atoms with Gasteiger partial charge < -0.3 is 0 Å². The lowest BCUT2D eigenvalue weighted by Gasteiger charge is -2.14. The van der Waals surface area contributed by atoms with E-state index in [1.165, 1.54) is 12.1 Å². The van der Waals surface area contributed by atoms with Crippen LogP contribution in [0.3, 0.4) is 0 Å². The molecule has 1 atom stereocenters. The van der Waals surface area contributed by atoms with Gasteiger partial charge in [0.15, 0.2) is 11.6 Å². The summed E-state index contributed by atoms with van der Waals surface area (Å²) in [4.78, 5) is -0.932. The molecule has 0 saturated carbocycles. The Hall–Kier alpha value is -0.880. The first kappa shape index (κ1) is 14.5. The highest BCUT2D eigenvalue weighted by atomic mass is 79.9. The van der Waals surface area contributed by atoms with Crippen molar-refractivity contribution in [1.29, 1.82) is 0 Å². The molecular weight excluding hydrogens is 392 g/mol. The van der Waals surface area contributed by atoms with Gasteiger partial charge in [-0.3, -0.25) is 0 Å². The summed E-state index contributed by atoms with van der Waals surface area (Å²) in [7, 11) is 0. The van der Waals surface area contributed by atoms with Crippen molar-refractivity contribution in [1.82, 2.24) is 0 Å². The van der Waals surface area contributed by atoms with E-state index in [1.807, 2.05) is 0 Å². The molecule has 0 fully saturated rings. The minimum Gasteiger partial charge on any atom is -0.207 e. The topological polar surface area (TPSA) is 0 Å². The summed E-state index contributed by atoms with van der Waals surface area (Å²) < 4.78 is 53.8. The number of rotatable bonds is 2. The highest BCUT2D eigenvalue weighted by Crippen LogP contribution is 2.38. The van der Waals surface area contributed by atoms with Crippen molar-refractivity contribution in [3.63, 3.8) is 0 Å². The van der Waals surface area contributed by atoms with E-state index in [4.69, 9.17) is 0 Å². The summed E-state index contributed by atoms with van der Waals surface area (Å²) in [6.45, 7) is 0. The minimum absolute atomic E-state index is 0.118. The largest absolute Gasteiger partial charge is 0.207 e. The Bertz CT molecular complexity index is 608. The van der Waals surface area contributed by atoms with Crippen LogP contribution in [0, 0.1) is 23.3 Å². The zero-order valence-corrected chi connectivity index (χ0v) is 12.4. The summed E-state index contributed by atoms with van der Waals surface area (Å²) in [5, 5.41) is 0. The fourth-order valence-corrected chi connectivity index (χ4v) is 3.33. The fourth-order valence-electron chi connectivity index (χ4n) is 1.64. The highest BCUT2D eigenvalue weighted by Gasteiger charge is 2.22. The molecule has 0 aliphatic rings. The third kappa shape index (κ3) is 2.84. The van der Waals surface area contributed by atoms with Crippen LogP contribution >= 0.6 is 31.9 Å². The standard InChI is InChI=1S/C13H6Br2F4/c14-7-2-1-3-8(16)12(7)13(15)6-4-10(18)11(19)5-9(6)17/h1-5,13H. The lowest BCUT2D eigenvalue weighted by molar-refractivity contribution is 0.490. The van der Waals surface area contributed by atoms with Crippen molar-refractivity contribution in [2.45, 2.75) is 4.83 Å². The van der Waals surface area contributed by atoms with Crippen molar-refractivity contribution < 1.29 is 17.6 Å². The number of hydrogen-bond acceptors (Lipinski definition) is 0. The van der Waals surface area contributed by atoms with Crippen LogP contribution in [0.4, 0.5) is 17.6 Å². The van der Waals surface area contributed by atoms with E-state index in [0.29, 0.717) is 16.6 Å². The predicted molar refractivity (Wildman–Crippen MR) is 71.2 cm³/mol. The van der Waals surface area contributed by atoms with Gasteiger partial charge in [-0.15, -0.1) is 0 Å². The Morgan fingerprint density at radius 1 is 0.842 bits per heavy atom. The average Bonchev–Trinajstić information content (AvgIpc) is 2.33. The first-order chi connectivity index (χ1) is 8.91. The average molecular weight is 398 g/mol. The maximum atomic E-state index is 13.7. The molecule has 0 saturated heterocycles. The molecule has 1 unspecified atom stereocenters. The molecule has 2 rings (SSSR count). The van der Waals surface area contributed by atoms with E-state index in [-0.39, 0.29) is 11.1 Å². The van der Waals surface area contributed by atoms with Gasteiger partial charge in [-0.2, -0.15) is 0 Å². The van der Waals surface area contributed by atoms with Gasteiger partial charge in [0.05, 0.1) is 4.83 Å². The lowest BCUT2D eigenvalue weighted by Crippen LogP contribution is -2.02. The van der Waals surface area contributed by atoms with Gasteiger partial charge in [0, 0.05) is 21.7 Å². The Morgan fingerprint density at radius 3 is 2.11 bits per heavy atom. The Labute approximate surface area is 123 Å². The van der Waals surface area contributed by atoms with Crippen LogP contribution < -0.4 is 0 Å². The molecule has 0 heterocycles. The number of halogens is 6. The van der Waals surface area contributed by atoms with Crippen LogP contribution in [0.5, 0.6) is 0 Å². The molecule has 0 aromatic heterocycles. The van der Waals surface area contributed by atoms with E-state index < -0.39 is 28.1 Å². The van der Waals surface area contributed by atoms with Gasteiger partial charge in [0.1, 0.15) is 11.6 Å². The number of alkyl halides is 1. The van der Waals surface area contributed by atoms with E-state index >= 15 is 0 Å². The van der Waals surface area contributed by atoms with Crippen molar-refractivity contribution in [2.75, 3.05) is 0 Å². The van der Waals surface area contributed by atoms with Gasteiger partial charge in [-0.05, 0) is 18.2 Å². The molecule has 0 N–H and O–H groups in total. The van der Waals surface area contributed by atoms with Crippen LogP contribution in [-0.2, 0) is 0 Å². The second-order valence-corrected chi connectivity index (χ2v) is 5.56. The second-order valence-electron chi connectivity index (χ2n) is 3.79. The van der Waals surface area contributed by atoms with E-state index in [0.717, 1.165) is 0 Å². The van der Waals surface area contributed by atoms with Gasteiger partial charge in [0.25, 0.3) is 0 Å².